The van der Waals surface area contributed by atoms with Gasteiger partial charge in [0.05, 0.1) is 0 Å². The first kappa shape index (κ1) is 5.03. The second-order valence-electron chi connectivity index (χ2n) is 0.582. The average Bonchev–Trinajstić information content (AvgIpc) is 1.41. The van der Waals surface area contributed by atoms with Crippen molar-refractivity contribution >= 4 is 11.6 Å². The van der Waals surface area contributed by atoms with E-state index in [1.54, 1.807) is 6.08 Å². The van der Waals surface area contributed by atoms with Gasteiger partial charge in [0, 0.05) is 5.88 Å². The highest BCUT2D eigenvalue weighted by Gasteiger charge is 1.55. The molecule has 0 heterocycles. The van der Waals surface area contributed by atoms with E-state index in [-0.39, 0.29) is 0 Å². The molecule has 28 valence electrons. The third-order valence-electron chi connectivity index (χ3n) is 0.225. The van der Waals surface area contributed by atoms with Gasteiger partial charge in [-0.2, -0.15) is 0 Å². The molecule has 0 aromatic rings. The molecule has 0 bridgehead atoms. The summed E-state index contributed by atoms with van der Waals surface area (Å²) in [5.74, 6) is 0.510. The molecule has 0 aromatic carbocycles. The molecular weight excluding hydrogens is 83.5 g/mol. The topological polar surface area (TPSA) is 0 Å². The third-order valence-corrected chi connectivity index (χ3v) is 0.403. The summed E-state index contributed by atoms with van der Waals surface area (Å²) in [4.78, 5) is 0. The van der Waals surface area contributed by atoms with Crippen LogP contribution in [0, 0.1) is 6.92 Å². The average molecular weight is 88.5 g/mol. The van der Waals surface area contributed by atoms with Gasteiger partial charge in [-0.3, -0.25) is 0 Å². The lowest BCUT2D eigenvalue weighted by Gasteiger charge is -1.62. The highest BCUT2D eigenvalue weighted by molar-refractivity contribution is 6.18. The molecule has 0 amide bonds. The molecule has 0 aromatic heterocycles. The fraction of sp³-hybridized carbons (Fsp3) is 0.250. The van der Waals surface area contributed by atoms with Crippen molar-refractivity contribution in [3.63, 3.8) is 0 Å². The highest BCUT2D eigenvalue weighted by atomic mass is 35.5. The lowest BCUT2D eigenvalue weighted by molar-refractivity contribution is 1.75. The van der Waals surface area contributed by atoms with Gasteiger partial charge >= 0.3 is 0 Å². The number of alkyl halides is 1. The number of halogens is 1. The Morgan fingerprint density at radius 3 is 2.40 bits per heavy atom. The van der Waals surface area contributed by atoms with Gasteiger partial charge in [-0.15, -0.1) is 11.6 Å². The Morgan fingerprint density at radius 2 is 2.40 bits per heavy atom. The first-order valence-corrected chi connectivity index (χ1v) is 1.88. The number of hydrogen-bond acceptors (Lipinski definition) is 0. The zero-order valence-corrected chi connectivity index (χ0v) is 3.57. The Labute approximate surface area is 37.4 Å². The van der Waals surface area contributed by atoms with Crippen molar-refractivity contribution < 1.29 is 0 Å². The summed E-state index contributed by atoms with van der Waals surface area (Å²) >= 11 is 5.13. The Kier molecular flexibility index (Phi) is 4.05. The maximum absolute atomic E-state index is 5.13. The van der Waals surface area contributed by atoms with E-state index in [1.807, 2.05) is 0 Å². The monoisotopic (exact) mass is 88.0 g/mol. The standard InChI is InChI=1S/C4H5Cl/c1-2-3-4-5/h1-3H,4H2. The van der Waals surface area contributed by atoms with Crippen LogP contribution in [-0.4, -0.2) is 5.88 Å². The van der Waals surface area contributed by atoms with Crippen LogP contribution < -0.4 is 0 Å². The van der Waals surface area contributed by atoms with Crippen LogP contribution in [0.15, 0.2) is 12.2 Å². The van der Waals surface area contributed by atoms with Crippen molar-refractivity contribution in [3.05, 3.63) is 19.1 Å². The minimum atomic E-state index is 0.510. The van der Waals surface area contributed by atoms with Gasteiger partial charge in [0.2, 0.25) is 0 Å². The fourth-order valence-electron chi connectivity index (χ4n) is 0.0514. The maximum atomic E-state index is 5.13. The van der Waals surface area contributed by atoms with Crippen molar-refractivity contribution in [3.8, 4) is 0 Å². The predicted molar refractivity (Wildman–Crippen MR) is 24.2 cm³/mol. The summed E-state index contributed by atoms with van der Waals surface area (Å²) in [5, 5.41) is 0. The van der Waals surface area contributed by atoms with Crippen LogP contribution in [0.3, 0.4) is 0 Å². The maximum Gasteiger partial charge on any atom is 0.0404 e. The van der Waals surface area contributed by atoms with Gasteiger partial charge in [-0.1, -0.05) is 12.2 Å². The van der Waals surface area contributed by atoms with Crippen LogP contribution in [0.5, 0.6) is 0 Å². The molecule has 5 heavy (non-hydrogen) atoms. The lowest BCUT2D eigenvalue weighted by Crippen LogP contribution is -1.51. The van der Waals surface area contributed by atoms with E-state index in [1.165, 1.54) is 6.08 Å². The van der Waals surface area contributed by atoms with E-state index >= 15 is 0 Å². The Bertz CT molecular complexity index is 30.6. The van der Waals surface area contributed by atoms with Crippen LogP contribution in [0.1, 0.15) is 0 Å². The van der Waals surface area contributed by atoms with Crippen molar-refractivity contribution in [1.29, 1.82) is 0 Å². The summed E-state index contributed by atoms with van der Waals surface area (Å²) in [7, 11) is 0. The van der Waals surface area contributed by atoms with E-state index in [4.69, 9.17) is 18.5 Å². The molecule has 0 aliphatic rings. The molecule has 0 unspecified atom stereocenters. The Balaban J connectivity index is 2.62. The summed E-state index contributed by atoms with van der Waals surface area (Å²) in [5.41, 5.74) is 0. The van der Waals surface area contributed by atoms with Gasteiger partial charge in [0.15, 0.2) is 0 Å². The van der Waals surface area contributed by atoms with Gasteiger partial charge in [0.1, 0.15) is 0 Å². The molecule has 0 fully saturated rings. The van der Waals surface area contributed by atoms with Gasteiger partial charge in [-0.05, 0) is 6.92 Å². The smallest absolute Gasteiger partial charge is 0.0404 e. The number of allylic oxidation sites excluding steroid dienone is 2. The molecule has 0 spiro atoms. The summed E-state index contributed by atoms with van der Waals surface area (Å²) < 4.78 is 0. The zero-order chi connectivity index (χ0) is 4.12. The van der Waals surface area contributed by atoms with E-state index < -0.39 is 0 Å². The second kappa shape index (κ2) is 4.03. The number of rotatable bonds is 1. The van der Waals surface area contributed by atoms with Crippen LogP contribution in [0.25, 0.3) is 0 Å². The molecule has 1 heteroatoms. The molecule has 0 N–H and O–H groups in total. The summed E-state index contributed by atoms with van der Waals surface area (Å²) in [6.45, 7) is 4.87. The molecule has 0 saturated heterocycles. The van der Waals surface area contributed by atoms with Crippen molar-refractivity contribution in [1.82, 2.24) is 0 Å². The SMILES string of the molecule is [CH]C=CCCl. The van der Waals surface area contributed by atoms with Crippen molar-refractivity contribution in [2.45, 2.75) is 0 Å². The zero-order valence-electron chi connectivity index (χ0n) is 2.82. The van der Waals surface area contributed by atoms with Crippen LogP contribution in [-0.2, 0) is 0 Å². The largest absolute Gasteiger partial charge is 0.122 e. The van der Waals surface area contributed by atoms with Gasteiger partial charge < -0.3 is 0 Å². The lowest BCUT2D eigenvalue weighted by atomic mass is 10.6. The van der Waals surface area contributed by atoms with Crippen LogP contribution in [0.4, 0.5) is 0 Å². The predicted octanol–water partition coefficient (Wildman–Crippen LogP) is 1.49. The summed E-state index contributed by atoms with van der Waals surface area (Å²) in [6, 6.07) is 0. The molecule has 0 atom stereocenters. The van der Waals surface area contributed by atoms with Crippen molar-refractivity contribution in [2.75, 3.05) is 5.88 Å². The Hall–Kier alpha value is 0.0300. The Morgan fingerprint density at radius 1 is 1.80 bits per heavy atom. The molecule has 0 rings (SSSR count). The minimum absolute atomic E-state index is 0.510. The molecule has 0 nitrogen and oxygen atoms in total. The highest BCUT2D eigenvalue weighted by Crippen LogP contribution is 1.72. The molecule has 0 aliphatic heterocycles. The summed E-state index contributed by atoms with van der Waals surface area (Å²) in [6.07, 6.45) is 3.09. The molecular formula is C4H5Cl. The third kappa shape index (κ3) is 4.03. The first-order chi connectivity index (χ1) is 2.41. The second-order valence-corrected chi connectivity index (χ2v) is 0.891. The van der Waals surface area contributed by atoms with Crippen LogP contribution >= 0.6 is 11.6 Å². The van der Waals surface area contributed by atoms with Crippen molar-refractivity contribution in [2.24, 2.45) is 0 Å². The first-order valence-electron chi connectivity index (χ1n) is 1.34. The molecule has 0 aliphatic carbocycles. The molecule has 2 radical (unpaired) electrons. The van der Waals surface area contributed by atoms with Gasteiger partial charge in [0.25, 0.3) is 0 Å². The van der Waals surface area contributed by atoms with E-state index in [9.17, 15) is 0 Å². The number of hydrogen-bond donors (Lipinski definition) is 0. The fourth-order valence-corrected chi connectivity index (χ4v) is 0.154. The van der Waals surface area contributed by atoms with Crippen LogP contribution in [0.2, 0.25) is 0 Å². The van der Waals surface area contributed by atoms with E-state index in [2.05, 4.69) is 0 Å². The quantitative estimate of drug-likeness (QED) is 0.426. The minimum Gasteiger partial charge on any atom is -0.122 e. The van der Waals surface area contributed by atoms with E-state index in [0.717, 1.165) is 0 Å². The van der Waals surface area contributed by atoms with Gasteiger partial charge in [-0.25, -0.2) is 0 Å². The normalized spacial score (nSPS) is 10.0. The molecule has 0 saturated carbocycles. The van der Waals surface area contributed by atoms with E-state index in [0.29, 0.717) is 5.88 Å².